The van der Waals surface area contributed by atoms with Crippen LogP contribution in [0.3, 0.4) is 0 Å². The highest BCUT2D eigenvalue weighted by Crippen LogP contribution is 2.41. The molecule has 3 aromatic rings. The molecule has 1 saturated heterocycles. The van der Waals surface area contributed by atoms with Gasteiger partial charge in [0.1, 0.15) is 5.78 Å². The van der Waals surface area contributed by atoms with Gasteiger partial charge in [-0.2, -0.15) is 0 Å². The smallest absolute Gasteiger partial charge is 0.269 e. The zero-order valence-electron chi connectivity index (χ0n) is 19.5. The molecule has 2 aliphatic heterocycles. The molecule has 35 heavy (non-hydrogen) atoms. The summed E-state index contributed by atoms with van der Waals surface area (Å²) in [5.74, 6) is 0.178. The van der Waals surface area contributed by atoms with Crippen molar-refractivity contribution in [1.82, 2.24) is 14.5 Å². The fraction of sp³-hybridized carbons (Fsp3) is 0.346. The summed E-state index contributed by atoms with van der Waals surface area (Å²) in [6.45, 7) is 1.29. The number of anilines is 1. The number of benzene rings is 2. The summed E-state index contributed by atoms with van der Waals surface area (Å²) in [6, 6.07) is 14.3. The average Bonchev–Trinajstić information content (AvgIpc) is 3.46. The number of Topliss-reactive ketones (excluding diaryl/α,β-unsaturated/α-hetero) is 1. The Morgan fingerprint density at radius 3 is 2.54 bits per heavy atom. The molecule has 2 aromatic carbocycles. The number of hydrogen-bond acceptors (Lipinski definition) is 6. The first-order valence-electron chi connectivity index (χ1n) is 11.8. The van der Waals surface area contributed by atoms with Crippen LogP contribution in [0.15, 0.2) is 61.1 Å². The fourth-order valence-electron chi connectivity index (χ4n) is 5.17. The summed E-state index contributed by atoms with van der Waals surface area (Å²) >= 11 is 0. The molecule has 9 heteroatoms. The Balaban J connectivity index is 1.15. The van der Waals surface area contributed by atoms with E-state index in [1.54, 1.807) is 30.4 Å². The Hall–Kier alpha value is -4.01. The predicted octanol–water partition coefficient (Wildman–Crippen LogP) is 3.70. The molecule has 9 nitrogen and oxygen atoms in total. The minimum Gasteiger partial charge on any atom is -0.365 e. The zero-order valence-corrected chi connectivity index (χ0v) is 19.5. The largest absolute Gasteiger partial charge is 0.365 e. The van der Waals surface area contributed by atoms with Crippen LogP contribution in [0.25, 0.3) is 11.3 Å². The molecule has 1 atom stereocenters. The van der Waals surface area contributed by atoms with Gasteiger partial charge in [-0.3, -0.25) is 19.7 Å². The average molecular weight is 474 g/mol. The van der Waals surface area contributed by atoms with Gasteiger partial charge in [-0.05, 0) is 30.5 Å². The van der Waals surface area contributed by atoms with E-state index < -0.39 is 4.92 Å². The molecule has 0 N–H and O–H groups in total. The monoisotopic (exact) mass is 473 g/mol. The van der Waals surface area contributed by atoms with Gasteiger partial charge in [-0.25, -0.2) is 4.98 Å². The summed E-state index contributed by atoms with van der Waals surface area (Å²) in [7, 11) is 1.79. The molecule has 180 valence electrons. The number of rotatable bonds is 7. The number of piperidine rings is 1. The van der Waals surface area contributed by atoms with E-state index in [2.05, 4.69) is 21.7 Å². The number of ketones is 1. The number of likely N-dealkylation sites (N-methyl/N-ethyl adjacent to an activating group) is 1. The highest BCUT2D eigenvalue weighted by atomic mass is 16.6. The fourth-order valence-corrected chi connectivity index (χ4v) is 5.17. The van der Waals surface area contributed by atoms with Gasteiger partial charge in [0.05, 0.1) is 35.7 Å². The van der Waals surface area contributed by atoms with Gasteiger partial charge >= 0.3 is 0 Å². The van der Waals surface area contributed by atoms with E-state index in [4.69, 9.17) is 0 Å². The van der Waals surface area contributed by atoms with Crippen molar-refractivity contribution in [3.05, 3.63) is 76.7 Å². The SMILES string of the molecule is CN(CC(=O)N1CCC(C(=O)CC2c3ccccc3-c3cncn32)CC1)c1ccc([N+](=O)[O-])cc1. The van der Waals surface area contributed by atoms with E-state index in [0.717, 1.165) is 16.9 Å². The number of nitrogens with zero attached hydrogens (tertiary/aromatic N) is 5. The van der Waals surface area contributed by atoms with Gasteiger partial charge in [0.2, 0.25) is 5.91 Å². The van der Waals surface area contributed by atoms with E-state index in [9.17, 15) is 19.7 Å². The van der Waals surface area contributed by atoms with Crippen molar-refractivity contribution < 1.29 is 14.5 Å². The Kier molecular flexibility index (Phi) is 6.07. The Morgan fingerprint density at radius 2 is 1.83 bits per heavy atom. The predicted molar refractivity (Wildman–Crippen MR) is 131 cm³/mol. The van der Waals surface area contributed by atoms with Crippen LogP contribution in [0.4, 0.5) is 11.4 Å². The number of non-ortho nitro benzene ring substituents is 1. The molecule has 5 rings (SSSR count). The second kappa shape index (κ2) is 9.32. The van der Waals surface area contributed by atoms with Crippen LogP contribution < -0.4 is 4.90 Å². The third kappa shape index (κ3) is 4.41. The summed E-state index contributed by atoms with van der Waals surface area (Å²) < 4.78 is 2.09. The van der Waals surface area contributed by atoms with Crippen LogP contribution in [-0.2, 0) is 9.59 Å². The molecule has 1 unspecified atom stereocenters. The van der Waals surface area contributed by atoms with Crippen molar-refractivity contribution in [2.24, 2.45) is 5.92 Å². The molecular formula is C26H27N5O4. The normalized spacial score (nSPS) is 17.1. The third-order valence-electron chi connectivity index (χ3n) is 7.17. The number of nitro groups is 1. The van der Waals surface area contributed by atoms with Crippen LogP contribution >= 0.6 is 0 Å². The quantitative estimate of drug-likeness (QED) is 0.383. The number of likely N-dealkylation sites (tertiary alicyclic amines) is 1. The van der Waals surface area contributed by atoms with E-state index in [-0.39, 0.29) is 35.9 Å². The summed E-state index contributed by atoms with van der Waals surface area (Å²) in [6.07, 6.45) is 5.41. The number of nitro benzene ring substituents is 1. The molecule has 1 fully saturated rings. The number of amides is 1. The van der Waals surface area contributed by atoms with Crippen LogP contribution in [0, 0.1) is 16.0 Å². The van der Waals surface area contributed by atoms with Gasteiger partial charge in [0.15, 0.2) is 0 Å². The Bertz CT molecular complexity index is 1260. The second-order valence-electron chi connectivity index (χ2n) is 9.24. The molecule has 0 saturated carbocycles. The molecule has 0 bridgehead atoms. The van der Waals surface area contributed by atoms with Crippen molar-refractivity contribution in [3.63, 3.8) is 0 Å². The molecule has 3 heterocycles. The maximum absolute atomic E-state index is 13.2. The molecule has 1 aromatic heterocycles. The van der Waals surface area contributed by atoms with Gasteiger partial charge in [0, 0.05) is 55.9 Å². The lowest BCUT2D eigenvalue weighted by Gasteiger charge is -2.33. The van der Waals surface area contributed by atoms with Crippen LogP contribution in [0.5, 0.6) is 0 Å². The zero-order chi connectivity index (χ0) is 24.5. The van der Waals surface area contributed by atoms with Crippen molar-refractivity contribution in [2.45, 2.75) is 25.3 Å². The summed E-state index contributed by atoms with van der Waals surface area (Å²) in [5.41, 5.74) is 4.12. The van der Waals surface area contributed by atoms with Crippen molar-refractivity contribution in [1.29, 1.82) is 0 Å². The van der Waals surface area contributed by atoms with Crippen LogP contribution in [-0.4, -0.2) is 57.7 Å². The van der Waals surface area contributed by atoms with E-state index in [1.165, 1.54) is 17.7 Å². The van der Waals surface area contributed by atoms with Crippen molar-refractivity contribution >= 4 is 23.1 Å². The minimum absolute atomic E-state index is 0.00970. The molecule has 1 amide bonds. The molecule has 0 spiro atoms. The highest BCUT2D eigenvalue weighted by Gasteiger charge is 2.33. The standard InChI is InChI=1S/C26H27N5O4/c1-28(19-6-8-20(9-7-19)31(34)35)16-26(33)29-12-10-18(11-13-29)25(32)14-23-21-4-2-3-5-22(21)24-15-27-17-30(23)24/h2-9,15,17-18,23H,10-14,16H2,1H3. The Labute approximate surface area is 203 Å². The number of carbonyl (C=O) groups excluding carboxylic acids is 2. The second-order valence-corrected chi connectivity index (χ2v) is 9.24. The van der Waals surface area contributed by atoms with Gasteiger partial charge in [-0.15, -0.1) is 0 Å². The van der Waals surface area contributed by atoms with Gasteiger partial charge < -0.3 is 14.4 Å². The van der Waals surface area contributed by atoms with Gasteiger partial charge in [0.25, 0.3) is 5.69 Å². The summed E-state index contributed by atoms with van der Waals surface area (Å²) in [5, 5.41) is 10.8. The number of carbonyl (C=O) groups is 2. The lowest BCUT2D eigenvalue weighted by Crippen LogP contribution is -2.44. The van der Waals surface area contributed by atoms with Crippen LogP contribution in [0.2, 0.25) is 0 Å². The van der Waals surface area contributed by atoms with E-state index >= 15 is 0 Å². The first kappa shape index (κ1) is 22.8. The maximum Gasteiger partial charge on any atom is 0.269 e. The first-order chi connectivity index (χ1) is 16.9. The van der Waals surface area contributed by atoms with Crippen molar-refractivity contribution in [2.75, 3.05) is 31.6 Å². The summed E-state index contributed by atoms with van der Waals surface area (Å²) in [4.78, 5) is 44.3. The highest BCUT2D eigenvalue weighted by molar-refractivity contribution is 5.85. The number of hydrogen-bond donors (Lipinski definition) is 0. The minimum atomic E-state index is -0.444. The molecule has 0 radical (unpaired) electrons. The molecule has 0 aliphatic carbocycles. The topological polar surface area (TPSA) is 102 Å². The Morgan fingerprint density at radius 1 is 1.11 bits per heavy atom. The lowest BCUT2D eigenvalue weighted by molar-refractivity contribution is -0.384. The number of imidazole rings is 1. The van der Waals surface area contributed by atoms with Gasteiger partial charge in [-0.1, -0.05) is 24.3 Å². The molecule has 2 aliphatic rings. The number of fused-ring (bicyclic) bond motifs is 3. The maximum atomic E-state index is 13.2. The first-order valence-corrected chi connectivity index (χ1v) is 11.8. The van der Waals surface area contributed by atoms with E-state index in [0.29, 0.717) is 32.4 Å². The third-order valence-corrected chi connectivity index (χ3v) is 7.17. The van der Waals surface area contributed by atoms with Crippen LogP contribution in [0.1, 0.15) is 30.9 Å². The van der Waals surface area contributed by atoms with E-state index in [1.807, 2.05) is 23.2 Å². The van der Waals surface area contributed by atoms with Crippen molar-refractivity contribution in [3.8, 4) is 11.3 Å². The number of aromatic nitrogens is 2. The molecular weight excluding hydrogens is 446 g/mol. The lowest BCUT2D eigenvalue weighted by atomic mass is 9.87.